The Labute approximate surface area is 159 Å². The van der Waals surface area contributed by atoms with E-state index < -0.39 is 12.1 Å². The van der Waals surface area contributed by atoms with E-state index in [2.05, 4.69) is 26.1 Å². The predicted octanol–water partition coefficient (Wildman–Crippen LogP) is 5.13. The molecule has 0 spiro atoms. The molecule has 26 heavy (non-hydrogen) atoms. The lowest BCUT2D eigenvalue weighted by atomic mass is 10.1. The molecule has 2 aromatic carbocycles. The van der Waals surface area contributed by atoms with Crippen LogP contribution in [-0.2, 0) is 9.53 Å². The molecule has 0 aliphatic carbocycles. The van der Waals surface area contributed by atoms with Gasteiger partial charge < -0.3 is 9.15 Å². The summed E-state index contributed by atoms with van der Waals surface area (Å²) < 4.78 is 11.9. The van der Waals surface area contributed by atoms with Crippen LogP contribution in [0.25, 0.3) is 17.5 Å². The molecule has 0 amide bonds. The molecule has 5 nitrogen and oxygen atoms in total. The quantitative estimate of drug-likeness (QED) is 0.429. The molecule has 0 aliphatic rings. The zero-order valence-corrected chi connectivity index (χ0v) is 15.9. The number of benzene rings is 2. The Morgan fingerprint density at radius 1 is 1.19 bits per heavy atom. The fourth-order valence-corrected chi connectivity index (χ4v) is 2.75. The first-order chi connectivity index (χ1) is 12.5. The maximum absolute atomic E-state index is 12.0. The fourth-order valence-electron chi connectivity index (χ4n) is 2.33. The second-order valence-corrected chi connectivity index (χ2v) is 6.70. The number of carbonyl (C=O) groups is 1. The molecule has 6 heteroatoms. The molecule has 0 bridgehead atoms. The lowest BCUT2D eigenvalue weighted by Gasteiger charge is -2.06. The summed E-state index contributed by atoms with van der Waals surface area (Å²) in [6.45, 7) is 3.68. The lowest BCUT2D eigenvalue weighted by Crippen LogP contribution is -2.06. The van der Waals surface area contributed by atoms with Crippen molar-refractivity contribution in [2.75, 3.05) is 0 Å². The van der Waals surface area contributed by atoms with Gasteiger partial charge in [0.05, 0.1) is 0 Å². The van der Waals surface area contributed by atoms with E-state index in [1.165, 1.54) is 6.08 Å². The molecule has 0 aliphatic heterocycles. The monoisotopic (exact) mass is 412 g/mol. The van der Waals surface area contributed by atoms with Gasteiger partial charge in [0.15, 0.2) is 6.10 Å². The van der Waals surface area contributed by atoms with Crippen molar-refractivity contribution in [2.45, 2.75) is 20.0 Å². The molecule has 3 rings (SSSR count). The molecule has 0 N–H and O–H groups in total. The van der Waals surface area contributed by atoms with Crippen molar-refractivity contribution in [1.82, 2.24) is 10.2 Å². The van der Waals surface area contributed by atoms with Gasteiger partial charge in [-0.2, -0.15) is 0 Å². The van der Waals surface area contributed by atoms with Crippen LogP contribution >= 0.6 is 15.9 Å². The standard InChI is InChI=1S/C20H17BrN2O3/c1-13-5-3-7-16(11-13)20-23-22-19(26-20)14(2)25-18(24)10-9-15-6-4-8-17(21)12-15/h3-12,14H,1-2H3/b10-9+. The minimum absolute atomic E-state index is 0.255. The van der Waals surface area contributed by atoms with Gasteiger partial charge >= 0.3 is 5.97 Å². The number of esters is 1. The summed E-state index contributed by atoms with van der Waals surface area (Å²) in [7, 11) is 0. The van der Waals surface area contributed by atoms with E-state index in [0.717, 1.165) is 21.2 Å². The van der Waals surface area contributed by atoms with Crippen LogP contribution in [0.4, 0.5) is 0 Å². The van der Waals surface area contributed by atoms with Gasteiger partial charge in [-0.05, 0) is 49.8 Å². The van der Waals surface area contributed by atoms with Gasteiger partial charge in [-0.15, -0.1) is 10.2 Å². The fraction of sp³-hybridized carbons (Fsp3) is 0.150. The summed E-state index contributed by atoms with van der Waals surface area (Å²) in [5.74, 6) is 0.176. The van der Waals surface area contributed by atoms with Gasteiger partial charge in [0, 0.05) is 16.1 Å². The Morgan fingerprint density at radius 2 is 2.00 bits per heavy atom. The number of rotatable bonds is 5. The normalized spacial score (nSPS) is 12.3. The maximum atomic E-state index is 12.0. The number of ether oxygens (including phenoxy) is 1. The highest BCUT2D eigenvalue weighted by Gasteiger charge is 2.18. The van der Waals surface area contributed by atoms with Crippen LogP contribution in [0, 0.1) is 6.92 Å². The summed E-state index contributed by atoms with van der Waals surface area (Å²) in [6, 6.07) is 15.4. The van der Waals surface area contributed by atoms with Crippen molar-refractivity contribution < 1.29 is 13.9 Å². The molecule has 0 radical (unpaired) electrons. The third kappa shape index (κ3) is 4.67. The highest BCUT2D eigenvalue weighted by Crippen LogP contribution is 2.23. The number of aromatic nitrogens is 2. The van der Waals surface area contributed by atoms with E-state index in [4.69, 9.17) is 9.15 Å². The average Bonchev–Trinajstić information content (AvgIpc) is 3.10. The van der Waals surface area contributed by atoms with E-state index in [0.29, 0.717) is 5.89 Å². The van der Waals surface area contributed by atoms with Gasteiger partial charge in [0.25, 0.3) is 5.89 Å². The van der Waals surface area contributed by atoms with Crippen molar-refractivity contribution >= 4 is 28.0 Å². The Bertz CT molecular complexity index is 949. The molecule has 1 unspecified atom stereocenters. The molecular weight excluding hydrogens is 396 g/mol. The summed E-state index contributed by atoms with van der Waals surface area (Å²) in [5, 5.41) is 8.01. The highest BCUT2D eigenvalue weighted by molar-refractivity contribution is 9.10. The van der Waals surface area contributed by atoms with Crippen molar-refractivity contribution in [3.05, 3.63) is 76.1 Å². The number of nitrogens with zero attached hydrogens (tertiary/aromatic N) is 2. The Morgan fingerprint density at radius 3 is 2.77 bits per heavy atom. The molecule has 1 heterocycles. The number of hydrogen-bond donors (Lipinski definition) is 0. The molecule has 0 fully saturated rings. The topological polar surface area (TPSA) is 65.2 Å². The molecule has 3 aromatic rings. The third-order valence-electron chi connectivity index (χ3n) is 3.61. The summed E-state index contributed by atoms with van der Waals surface area (Å²) in [4.78, 5) is 12.0. The first kappa shape index (κ1) is 18.1. The highest BCUT2D eigenvalue weighted by atomic mass is 79.9. The molecule has 1 atom stereocenters. The van der Waals surface area contributed by atoms with E-state index >= 15 is 0 Å². The van der Waals surface area contributed by atoms with E-state index in [9.17, 15) is 4.79 Å². The van der Waals surface area contributed by atoms with Crippen molar-refractivity contribution in [2.24, 2.45) is 0 Å². The first-order valence-corrected chi connectivity index (χ1v) is 8.85. The number of halogens is 1. The Kier molecular flexibility index (Phi) is 5.63. The van der Waals surface area contributed by atoms with Crippen molar-refractivity contribution in [3.63, 3.8) is 0 Å². The summed E-state index contributed by atoms with van der Waals surface area (Å²) >= 11 is 3.39. The minimum atomic E-state index is -0.638. The van der Waals surface area contributed by atoms with Gasteiger partial charge in [0.2, 0.25) is 5.89 Å². The Balaban J connectivity index is 1.64. The van der Waals surface area contributed by atoms with Crippen LogP contribution < -0.4 is 0 Å². The number of aryl methyl sites for hydroxylation is 1. The van der Waals surface area contributed by atoms with Crippen molar-refractivity contribution in [1.29, 1.82) is 0 Å². The van der Waals surface area contributed by atoms with Gasteiger partial charge in [0.1, 0.15) is 0 Å². The maximum Gasteiger partial charge on any atom is 0.331 e. The average molecular weight is 413 g/mol. The van der Waals surface area contributed by atoms with Crippen LogP contribution in [0.2, 0.25) is 0 Å². The Hall–Kier alpha value is -2.73. The first-order valence-electron chi connectivity index (χ1n) is 8.06. The zero-order valence-electron chi connectivity index (χ0n) is 14.3. The van der Waals surface area contributed by atoms with E-state index in [-0.39, 0.29) is 5.89 Å². The van der Waals surface area contributed by atoms with Crippen LogP contribution in [0.3, 0.4) is 0 Å². The van der Waals surface area contributed by atoms with Gasteiger partial charge in [-0.25, -0.2) is 4.79 Å². The van der Waals surface area contributed by atoms with Crippen LogP contribution in [0.15, 0.2) is 63.5 Å². The molecule has 0 saturated heterocycles. The number of hydrogen-bond acceptors (Lipinski definition) is 5. The molecular formula is C20H17BrN2O3. The minimum Gasteiger partial charge on any atom is -0.449 e. The van der Waals surface area contributed by atoms with E-state index in [1.54, 1.807) is 13.0 Å². The van der Waals surface area contributed by atoms with Crippen molar-refractivity contribution in [3.8, 4) is 11.5 Å². The second-order valence-electron chi connectivity index (χ2n) is 5.78. The van der Waals surface area contributed by atoms with Crippen LogP contribution in [-0.4, -0.2) is 16.2 Å². The van der Waals surface area contributed by atoms with Gasteiger partial charge in [-0.3, -0.25) is 0 Å². The third-order valence-corrected chi connectivity index (χ3v) is 4.10. The molecule has 0 saturated carbocycles. The number of carbonyl (C=O) groups excluding carboxylic acids is 1. The lowest BCUT2D eigenvalue weighted by molar-refractivity contribution is -0.143. The summed E-state index contributed by atoms with van der Waals surface area (Å²) in [5.41, 5.74) is 2.82. The SMILES string of the molecule is Cc1cccc(-c2nnc(C(C)OC(=O)/C=C/c3cccc(Br)c3)o2)c1. The van der Waals surface area contributed by atoms with Crippen LogP contribution in [0.1, 0.15) is 30.0 Å². The van der Waals surface area contributed by atoms with Crippen LogP contribution in [0.5, 0.6) is 0 Å². The predicted molar refractivity (Wildman–Crippen MR) is 102 cm³/mol. The zero-order chi connectivity index (χ0) is 18.5. The molecule has 132 valence electrons. The van der Waals surface area contributed by atoms with Gasteiger partial charge in [-0.1, -0.05) is 45.8 Å². The van der Waals surface area contributed by atoms with E-state index in [1.807, 2.05) is 55.5 Å². The molecule has 1 aromatic heterocycles. The smallest absolute Gasteiger partial charge is 0.331 e. The largest absolute Gasteiger partial charge is 0.449 e. The second kappa shape index (κ2) is 8.10. The summed E-state index contributed by atoms with van der Waals surface area (Å²) in [6.07, 6.45) is 2.42.